The fourth-order valence-corrected chi connectivity index (χ4v) is 2.42. The fourth-order valence-electron chi connectivity index (χ4n) is 2.42. The van der Waals surface area contributed by atoms with E-state index in [9.17, 15) is 14.0 Å². The second-order valence-corrected chi connectivity index (χ2v) is 5.41. The summed E-state index contributed by atoms with van der Waals surface area (Å²) in [6.07, 6.45) is 0.592. The van der Waals surface area contributed by atoms with E-state index < -0.39 is 11.7 Å². The summed E-state index contributed by atoms with van der Waals surface area (Å²) in [5.74, 6) is -0.223. The number of aryl methyl sites for hydroxylation is 2. The van der Waals surface area contributed by atoms with Crippen molar-refractivity contribution < 1.29 is 13.6 Å². The molecule has 0 radical (unpaired) electrons. The fraction of sp³-hybridized carbons (Fsp3) is 0.235. The Balaban J connectivity index is 1.81. The van der Waals surface area contributed by atoms with Gasteiger partial charge in [0.1, 0.15) is 5.82 Å². The average molecular weight is 329 g/mol. The van der Waals surface area contributed by atoms with Gasteiger partial charge in [0.25, 0.3) is 11.5 Å². The minimum Gasteiger partial charge on any atom is -0.435 e. The molecule has 0 aliphatic rings. The molecular formula is C17H16FN3O3. The highest BCUT2D eigenvalue weighted by molar-refractivity contribution is 5.92. The lowest BCUT2D eigenvalue weighted by Gasteiger charge is -2.05. The van der Waals surface area contributed by atoms with Crippen molar-refractivity contribution >= 4 is 16.8 Å². The Kier molecular flexibility index (Phi) is 4.16. The molecule has 0 spiro atoms. The van der Waals surface area contributed by atoms with Crippen LogP contribution < -0.4 is 10.9 Å². The number of hydrogen-bond acceptors (Lipinski definition) is 4. The summed E-state index contributed by atoms with van der Waals surface area (Å²) >= 11 is 0. The summed E-state index contributed by atoms with van der Waals surface area (Å²) in [6, 6.07) is 5.76. The summed E-state index contributed by atoms with van der Waals surface area (Å²) in [5, 5.41) is 3.33. The van der Waals surface area contributed by atoms with E-state index in [1.807, 2.05) is 6.92 Å². The van der Waals surface area contributed by atoms with Gasteiger partial charge in [-0.2, -0.15) is 0 Å². The Morgan fingerprint density at radius 1 is 1.38 bits per heavy atom. The van der Waals surface area contributed by atoms with Gasteiger partial charge in [-0.05, 0) is 36.6 Å². The third-order valence-electron chi connectivity index (χ3n) is 3.67. The standard InChI is InChI=1S/C17H16FN3O3/c1-3-14-20-9(2)15(24-14)17(23)19-8-11-6-10-4-5-12(18)7-13(10)21-16(11)22/h4-7H,3,8H2,1-2H3,(H,19,23)(H,21,22). The van der Waals surface area contributed by atoms with Crippen LogP contribution >= 0.6 is 0 Å². The Bertz CT molecular complexity index is 975. The molecule has 3 aromatic rings. The topological polar surface area (TPSA) is 88.0 Å². The molecule has 7 heteroatoms. The molecule has 0 saturated carbocycles. The predicted molar refractivity (Wildman–Crippen MR) is 86.3 cm³/mol. The van der Waals surface area contributed by atoms with Gasteiger partial charge < -0.3 is 14.7 Å². The van der Waals surface area contributed by atoms with Gasteiger partial charge in [-0.15, -0.1) is 0 Å². The number of nitrogens with zero attached hydrogens (tertiary/aromatic N) is 1. The van der Waals surface area contributed by atoms with Crippen LogP contribution in [0.25, 0.3) is 10.9 Å². The molecule has 0 fully saturated rings. The van der Waals surface area contributed by atoms with Crippen molar-refractivity contribution in [3.8, 4) is 0 Å². The van der Waals surface area contributed by atoms with Crippen LogP contribution in [0.3, 0.4) is 0 Å². The lowest BCUT2D eigenvalue weighted by Crippen LogP contribution is -2.27. The van der Waals surface area contributed by atoms with Crippen molar-refractivity contribution in [1.29, 1.82) is 0 Å². The maximum absolute atomic E-state index is 13.2. The Labute approximate surface area is 136 Å². The first-order chi connectivity index (χ1) is 11.5. The number of aromatic nitrogens is 2. The minimum atomic E-state index is -0.432. The van der Waals surface area contributed by atoms with Crippen molar-refractivity contribution in [1.82, 2.24) is 15.3 Å². The molecule has 24 heavy (non-hydrogen) atoms. The number of H-pyrrole nitrogens is 1. The van der Waals surface area contributed by atoms with Gasteiger partial charge in [0, 0.05) is 18.5 Å². The smallest absolute Gasteiger partial charge is 0.289 e. The van der Waals surface area contributed by atoms with E-state index in [2.05, 4.69) is 15.3 Å². The molecule has 0 bridgehead atoms. The first-order valence-corrected chi connectivity index (χ1v) is 7.54. The summed E-state index contributed by atoms with van der Waals surface area (Å²) in [5.41, 5.74) is 0.910. The number of oxazole rings is 1. The van der Waals surface area contributed by atoms with Crippen molar-refractivity contribution in [2.24, 2.45) is 0 Å². The summed E-state index contributed by atoms with van der Waals surface area (Å²) in [7, 11) is 0. The van der Waals surface area contributed by atoms with Crippen LogP contribution in [0, 0.1) is 12.7 Å². The van der Waals surface area contributed by atoms with Crippen LogP contribution in [0.15, 0.2) is 33.5 Å². The molecule has 1 amide bonds. The number of fused-ring (bicyclic) bond motifs is 1. The van der Waals surface area contributed by atoms with Gasteiger partial charge in [-0.1, -0.05) is 6.92 Å². The number of pyridine rings is 1. The molecule has 124 valence electrons. The number of rotatable bonds is 4. The number of hydrogen-bond donors (Lipinski definition) is 2. The van der Waals surface area contributed by atoms with Gasteiger partial charge in [-0.3, -0.25) is 9.59 Å². The maximum Gasteiger partial charge on any atom is 0.289 e. The second-order valence-electron chi connectivity index (χ2n) is 5.41. The highest BCUT2D eigenvalue weighted by Crippen LogP contribution is 2.13. The molecule has 0 aliphatic carbocycles. The number of benzene rings is 1. The average Bonchev–Trinajstić information content (AvgIpc) is 2.93. The third-order valence-corrected chi connectivity index (χ3v) is 3.67. The zero-order valence-electron chi connectivity index (χ0n) is 13.3. The lowest BCUT2D eigenvalue weighted by atomic mass is 10.1. The summed E-state index contributed by atoms with van der Waals surface area (Å²) < 4.78 is 18.6. The predicted octanol–water partition coefficient (Wildman–Crippen LogP) is 2.46. The van der Waals surface area contributed by atoms with Gasteiger partial charge in [0.2, 0.25) is 5.76 Å². The molecular weight excluding hydrogens is 313 g/mol. The van der Waals surface area contributed by atoms with Crippen molar-refractivity contribution in [3.05, 3.63) is 63.3 Å². The zero-order chi connectivity index (χ0) is 17.3. The van der Waals surface area contributed by atoms with E-state index in [4.69, 9.17) is 4.42 Å². The monoisotopic (exact) mass is 329 g/mol. The highest BCUT2D eigenvalue weighted by Gasteiger charge is 2.17. The van der Waals surface area contributed by atoms with E-state index >= 15 is 0 Å². The van der Waals surface area contributed by atoms with E-state index in [0.717, 1.165) is 0 Å². The molecule has 0 unspecified atom stereocenters. The first-order valence-electron chi connectivity index (χ1n) is 7.54. The number of amides is 1. The third kappa shape index (κ3) is 3.05. The largest absolute Gasteiger partial charge is 0.435 e. The van der Waals surface area contributed by atoms with Crippen LogP contribution in [-0.4, -0.2) is 15.9 Å². The van der Waals surface area contributed by atoms with Crippen LogP contribution in [0.5, 0.6) is 0 Å². The Hall–Kier alpha value is -2.96. The molecule has 0 atom stereocenters. The molecule has 2 heterocycles. The number of nitrogens with one attached hydrogen (secondary N) is 2. The van der Waals surface area contributed by atoms with E-state index in [1.165, 1.54) is 12.1 Å². The highest BCUT2D eigenvalue weighted by atomic mass is 19.1. The number of halogens is 1. The van der Waals surface area contributed by atoms with Crippen molar-refractivity contribution in [2.75, 3.05) is 0 Å². The van der Waals surface area contributed by atoms with E-state index in [1.54, 1.807) is 19.1 Å². The van der Waals surface area contributed by atoms with Gasteiger partial charge >= 0.3 is 0 Å². The number of carbonyl (C=O) groups excluding carboxylic acids is 1. The SMILES string of the molecule is CCc1nc(C)c(C(=O)NCc2cc3ccc(F)cc3[nH]c2=O)o1. The number of aromatic amines is 1. The Morgan fingerprint density at radius 2 is 2.17 bits per heavy atom. The quantitative estimate of drug-likeness (QED) is 0.769. The van der Waals surface area contributed by atoms with Crippen LogP contribution in [0.4, 0.5) is 4.39 Å². The zero-order valence-corrected chi connectivity index (χ0v) is 13.3. The Morgan fingerprint density at radius 3 is 2.88 bits per heavy atom. The first kappa shape index (κ1) is 15.9. The summed E-state index contributed by atoms with van der Waals surface area (Å²) in [6.45, 7) is 3.60. The molecule has 2 N–H and O–H groups in total. The van der Waals surface area contributed by atoms with E-state index in [-0.39, 0.29) is 17.9 Å². The van der Waals surface area contributed by atoms with Gasteiger partial charge in [0.05, 0.1) is 11.2 Å². The number of carbonyl (C=O) groups is 1. The van der Waals surface area contributed by atoms with Crippen molar-refractivity contribution in [3.63, 3.8) is 0 Å². The molecule has 1 aromatic carbocycles. The normalized spacial score (nSPS) is 11.0. The molecule has 0 saturated heterocycles. The molecule has 6 nitrogen and oxygen atoms in total. The second kappa shape index (κ2) is 6.27. The van der Waals surface area contributed by atoms with Gasteiger partial charge in [0.15, 0.2) is 5.89 Å². The van der Waals surface area contributed by atoms with Gasteiger partial charge in [-0.25, -0.2) is 9.37 Å². The van der Waals surface area contributed by atoms with Crippen LogP contribution in [0.2, 0.25) is 0 Å². The lowest BCUT2D eigenvalue weighted by molar-refractivity contribution is 0.0920. The van der Waals surface area contributed by atoms with E-state index in [0.29, 0.717) is 34.5 Å². The minimum absolute atomic E-state index is 0.0308. The molecule has 3 rings (SSSR count). The maximum atomic E-state index is 13.2. The molecule has 0 aliphatic heterocycles. The summed E-state index contributed by atoms with van der Waals surface area (Å²) in [4.78, 5) is 31.0. The van der Waals surface area contributed by atoms with Crippen LogP contribution in [0.1, 0.15) is 34.6 Å². The van der Waals surface area contributed by atoms with Crippen LogP contribution in [-0.2, 0) is 13.0 Å². The van der Waals surface area contributed by atoms with Crippen molar-refractivity contribution in [2.45, 2.75) is 26.8 Å². The molecule has 2 aromatic heterocycles.